The molecule has 0 N–H and O–H groups in total. The smallest absolute Gasteiger partial charge is 0.252 e. The molecule has 4 aliphatic rings. The molecule has 0 radical (unpaired) electrons. The molecule has 14 aromatic rings. The summed E-state index contributed by atoms with van der Waals surface area (Å²) in [6.45, 7) is 0.0832. The molecule has 0 fully saturated rings. The molecule has 4 aliphatic heterocycles. The minimum Gasteiger partial charge on any atom is -0.311 e. The number of hydrogen-bond donors (Lipinski definition) is 0. The lowest BCUT2D eigenvalue weighted by atomic mass is 9.30. The van der Waals surface area contributed by atoms with Crippen LogP contribution in [0.1, 0.15) is 0 Å². The Hall–Kier alpha value is -8.47. The van der Waals surface area contributed by atoms with Crippen LogP contribution < -0.4 is 32.8 Å². The van der Waals surface area contributed by atoms with Crippen molar-refractivity contribution in [2.24, 2.45) is 0 Å². The Balaban J connectivity index is 1.10. The van der Waals surface area contributed by atoms with E-state index in [-0.39, 0.29) is 13.4 Å². The average Bonchev–Trinajstić information content (AvgIpc) is 4.11. The Kier molecular flexibility index (Phi) is 5.55. The molecule has 8 heterocycles. The first-order chi connectivity index (χ1) is 32.8. The summed E-state index contributed by atoms with van der Waals surface area (Å²) in [5.41, 5.74) is 26.3. The lowest BCUT2D eigenvalue weighted by Gasteiger charge is -2.41. The van der Waals surface area contributed by atoms with Gasteiger partial charge in [0, 0.05) is 82.4 Å². The first-order valence-corrected chi connectivity index (χ1v) is 23.3. The Morgan fingerprint density at radius 1 is 0.288 bits per heavy atom. The van der Waals surface area contributed by atoms with E-state index >= 15 is 0 Å². The van der Waals surface area contributed by atoms with Crippen LogP contribution in [0.5, 0.6) is 0 Å². The molecule has 10 aromatic carbocycles. The predicted octanol–water partition coefficient (Wildman–Crippen LogP) is 10.0. The van der Waals surface area contributed by atoms with Crippen LogP contribution in [-0.4, -0.2) is 31.7 Å². The maximum absolute atomic E-state index is 2.76. The van der Waals surface area contributed by atoms with Crippen molar-refractivity contribution in [1.82, 2.24) is 18.3 Å². The predicted molar refractivity (Wildman–Crippen MR) is 279 cm³/mol. The van der Waals surface area contributed by atoms with Gasteiger partial charge in [-0.3, -0.25) is 0 Å². The molecular formula is C60H32B2N4. The lowest BCUT2D eigenvalue weighted by molar-refractivity contribution is 1.11. The second-order valence-corrected chi connectivity index (χ2v) is 19.1. The van der Waals surface area contributed by atoms with Crippen molar-refractivity contribution in [3.8, 4) is 33.9 Å². The third-order valence-corrected chi connectivity index (χ3v) is 16.3. The van der Waals surface area contributed by atoms with E-state index in [0.717, 1.165) is 0 Å². The topological polar surface area (TPSA) is 19.7 Å². The van der Waals surface area contributed by atoms with Gasteiger partial charge in [0.1, 0.15) is 0 Å². The number of hydrogen-bond acceptors (Lipinski definition) is 0. The van der Waals surface area contributed by atoms with Crippen LogP contribution in [0.4, 0.5) is 0 Å². The van der Waals surface area contributed by atoms with E-state index in [0.29, 0.717) is 0 Å². The van der Waals surface area contributed by atoms with E-state index in [2.05, 4.69) is 212 Å². The van der Waals surface area contributed by atoms with Crippen molar-refractivity contribution in [1.29, 1.82) is 0 Å². The summed E-state index contributed by atoms with van der Waals surface area (Å²) in [6, 6.07) is 73.8. The molecule has 18 rings (SSSR count). The molecule has 298 valence electrons. The Labute approximate surface area is 377 Å². The van der Waals surface area contributed by atoms with E-state index < -0.39 is 0 Å². The van der Waals surface area contributed by atoms with Gasteiger partial charge >= 0.3 is 0 Å². The summed E-state index contributed by atoms with van der Waals surface area (Å²) < 4.78 is 10.6. The third kappa shape index (κ3) is 3.52. The third-order valence-electron chi connectivity index (χ3n) is 16.3. The standard InChI is InChI=1S/C60H32B2N4/c1-2-14-33(15-3-1)34-16-10-17-35(30-34)63-47-27-7-6-20-38(47)42-31-46-59-52(58(42)63)41-23-13-26-45-57(41)66(59)60-53-50(64-48-28-8-4-18-36(48)39-21-11-24-43(55(39)64)61(45)53)32-51-54(60)62(46)44-25-12-22-40-37-19-5-9-29-49(37)65(51)56(40)44/h1-32H. The lowest BCUT2D eigenvalue weighted by Crippen LogP contribution is -2.66. The fourth-order valence-electron chi connectivity index (χ4n) is 14.0. The van der Waals surface area contributed by atoms with Crippen LogP contribution >= 0.6 is 0 Å². The molecule has 6 heteroatoms. The molecule has 0 aliphatic carbocycles. The summed E-state index contributed by atoms with van der Waals surface area (Å²) in [6.07, 6.45) is 0. The number of fused-ring (bicyclic) bond motifs is 17. The molecule has 4 nitrogen and oxygen atoms in total. The van der Waals surface area contributed by atoms with Crippen molar-refractivity contribution in [3.05, 3.63) is 194 Å². The van der Waals surface area contributed by atoms with E-state index in [9.17, 15) is 0 Å². The van der Waals surface area contributed by atoms with Crippen LogP contribution in [-0.2, 0) is 0 Å². The molecule has 0 unspecified atom stereocenters. The molecular weight excluding hydrogens is 798 g/mol. The number of rotatable bonds is 2. The van der Waals surface area contributed by atoms with Crippen LogP contribution in [0.25, 0.3) is 121 Å². The van der Waals surface area contributed by atoms with Crippen molar-refractivity contribution in [2.75, 3.05) is 0 Å². The van der Waals surface area contributed by atoms with Crippen LogP contribution in [0.3, 0.4) is 0 Å². The Morgan fingerprint density at radius 3 is 1.41 bits per heavy atom. The Bertz CT molecular complexity index is 4660. The fourth-order valence-corrected chi connectivity index (χ4v) is 14.0. The van der Waals surface area contributed by atoms with Gasteiger partial charge in [-0.05, 0) is 80.3 Å². The van der Waals surface area contributed by atoms with Crippen LogP contribution in [0.2, 0.25) is 0 Å². The van der Waals surface area contributed by atoms with E-state index in [1.807, 2.05) is 0 Å². The van der Waals surface area contributed by atoms with Gasteiger partial charge in [0.05, 0.1) is 27.6 Å². The zero-order chi connectivity index (χ0) is 42.3. The number of para-hydroxylation sites is 6. The molecule has 4 aromatic heterocycles. The minimum atomic E-state index is 0.0221. The van der Waals surface area contributed by atoms with Crippen molar-refractivity contribution < 1.29 is 0 Å². The number of benzene rings is 10. The van der Waals surface area contributed by atoms with Gasteiger partial charge < -0.3 is 18.3 Å². The van der Waals surface area contributed by atoms with Gasteiger partial charge in [-0.1, -0.05) is 158 Å². The van der Waals surface area contributed by atoms with E-state index in [1.54, 1.807) is 0 Å². The molecule has 0 bridgehead atoms. The summed E-state index contributed by atoms with van der Waals surface area (Å²) in [7, 11) is 0. The fraction of sp³-hybridized carbons (Fsp3) is 0. The second kappa shape index (κ2) is 11.1. The van der Waals surface area contributed by atoms with Crippen LogP contribution in [0.15, 0.2) is 194 Å². The van der Waals surface area contributed by atoms with Gasteiger partial charge in [-0.15, -0.1) is 0 Å². The maximum atomic E-state index is 2.76. The van der Waals surface area contributed by atoms with Gasteiger partial charge in [0.25, 0.3) is 13.4 Å². The molecule has 0 saturated heterocycles. The first-order valence-electron chi connectivity index (χ1n) is 23.3. The molecule has 0 amide bonds. The van der Waals surface area contributed by atoms with E-state index in [4.69, 9.17) is 0 Å². The van der Waals surface area contributed by atoms with Crippen molar-refractivity contribution in [2.45, 2.75) is 0 Å². The van der Waals surface area contributed by atoms with Gasteiger partial charge in [0.2, 0.25) is 0 Å². The monoisotopic (exact) mass is 830 g/mol. The van der Waals surface area contributed by atoms with Gasteiger partial charge in [-0.25, -0.2) is 0 Å². The molecule has 66 heavy (non-hydrogen) atoms. The summed E-state index contributed by atoms with van der Waals surface area (Å²) in [5, 5.41) is 10.5. The largest absolute Gasteiger partial charge is 0.311 e. The quantitative estimate of drug-likeness (QED) is 0.155. The SMILES string of the molecule is c1ccc(-c2cccc(-n3c4ccccc4c4cc5c6c(c7cccc8c7n6-c6c7c(cc9c6B5c5cccc6c%10ccccc%10n-9c56)-n5c6ccccc6c6cccc(c65)B78)c43)c2)cc1. The zero-order valence-electron chi connectivity index (χ0n) is 35.4. The molecule has 0 saturated carbocycles. The highest BCUT2D eigenvalue weighted by molar-refractivity contribution is 7.04. The maximum Gasteiger partial charge on any atom is 0.252 e. The highest BCUT2D eigenvalue weighted by atomic mass is 15.1. The highest BCUT2D eigenvalue weighted by Crippen LogP contribution is 2.47. The molecule has 0 atom stereocenters. The van der Waals surface area contributed by atoms with Crippen LogP contribution in [0, 0.1) is 0 Å². The van der Waals surface area contributed by atoms with Crippen molar-refractivity contribution >= 4 is 133 Å². The average molecular weight is 831 g/mol. The summed E-state index contributed by atoms with van der Waals surface area (Å²) in [4.78, 5) is 0. The summed E-state index contributed by atoms with van der Waals surface area (Å²) >= 11 is 0. The highest BCUT2D eigenvalue weighted by Gasteiger charge is 2.49. The van der Waals surface area contributed by atoms with Gasteiger partial charge in [-0.2, -0.15) is 0 Å². The second-order valence-electron chi connectivity index (χ2n) is 19.1. The Morgan fingerprint density at radius 2 is 0.773 bits per heavy atom. The normalized spacial score (nSPS) is 13.7. The first kappa shape index (κ1) is 33.1. The number of nitrogens with zero attached hydrogens (tertiary/aromatic N) is 4. The number of aromatic nitrogens is 4. The minimum absolute atomic E-state index is 0.0221. The van der Waals surface area contributed by atoms with Gasteiger partial charge in [0.15, 0.2) is 0 Å². The zero-order valence-corrected chi connectivity index (χ0v) is 35.4. The molecule has 0 spiro atoms. The van der Waals surface area contributed by atoms with Crippen molar-refractivity contribution in [3.63, 3.8) is 0 Å². The van der Waals surface area contributed by atoms with E-state index in [1.165, 1.54) is 154 Å². The summed E-state index contributed by atoms with van der Waals surface area (Å²) in [5.74, 6) is 0.